The molecule has 148 valence electrons. The van der Waals surface area contributed by atoms with Crippen molar-refractivity contribution in [3.05, 3.63) is 47.8 Å². The van der Waals surface area contributed by atoms with E-state index in [0.29, 0.717) is 5.95 Å². The molecule has 28 heavy (non-hydrogen) atoms. The number of anilines is 2. The number of carbonyl (C=O) groups excluding carboxylic acids is 1. The van der Waals surface area contributed by atoms with Gasteiger partial charge in [0.15, 0.2) is 0 Å². The zero-order valence-corrected chi connectivity index (χ0v) is 16.2. The van der Waals surface area contributed by atoms with Gasteiger partial charge in [0.2, 0.25) is 5.95 Å². The standard InChI is InChI=1S/C21H28N6O/c22-20(28)18-8-10-24-21(25-18)23-9-3-11-26-12-14-27(15-13-26)19-5-2-1-4-17(19)16-6-7-16/h1-2,4-5,8,10,16H,3,6-7,9,11-15H2,(H2,22,28)(H,23,24,25). The molecule has 2 aliphatic rings. The van der Waals surface area contributed by atoms with Crippen LogP contribution < -0.4 is 16.0 Å². The minimum Gasteiger partial charge on any atom is -0.369 e. The predicted octanol–water partition coefficient (Wildman–Crippen LogP) is 2.08. The van der Waals surface area contributed by atoms with Crippen LogP contribution in [-0.4, -0.2) is 60.0 Å². The smallest absolute Gasteiger partial charge is 0.267 e. The SMILES string of the molecule is NC(=O)c1ccnc(NCCCN2CCN(c3ccccc3C3CC3)CC2)n1. The number of nitrogens with two attached hydrogens (primary N) is 1. The Balaban J connectivity index is 1.20. The van der Waals surface area contributed by atoms with E-state index in [1.165, 1.54) is 24.6 Å². The highest BCUT2D eigenvalue weighted by Gasteiger charge is 2.28. The zero-order chi connectivity index (χ0) is 19.3. The maximum Gasteiger partial charge on any atom is 0.267 e. The number of primary amides is 1. The second kappa shape index (κ2) is 8.56. The summed E-state index contributed by atoms with van der Waals surface area (Å²) in [6.45, 7) is 6.16. The van der Waals surface area contributed by atoms with Crippen LogP contribution in [0.25, 0.3) is 0 Å². The van der Waals surface area contributed by atoms with Gasteiger partial charge in [-0.15, -0.1) is 0 Å². The summed E-state index contributed by atoms with van der Waals surface area (Å²) >= 11 is 0. The summed E-state index contributed by atoms with van der Waals surface area (Å²) in [5, 5.41) is 3.17. The fourth-order valence-corrected chi connectivity index (χ4v) is 3.81. The first kappa shape index (κ1) is 18.7. The van der Waals surface area contributed by atoms with E-state index in [1.54, 1.807) is 11.8 Å². The molecule has 1 saturated carbocycles. The molecule has 3 N–H and O–H groups in total. The lowest BCUT2D eigenvalue weighted by Crippen LogP contribution is -2.47. The summed E-state index contributed by atoms with van der Waals surface area (Å²) in [5.41, 5.74) is 8.47. The highest BCUT2D eigenvalue weighted by Crippen LogP contribution is 2.44. The molecule has 1 aromatic heterocycles. The molecule has 1 saturated heterocycles. The van der Waals surface area contributed by atoms with Crippen molar-refractivity contribution in [2.75, 3.05) is 49.5 Å². The van der Waals surface area contributed by atoms with Crippen molar-refractivity contribution in [3.63, 3.8) is 0 Å². The largest absolute Gasteiger partial charge is 0.369 e. The molecule has 0 atom stereocenters. The fourth-order valence-electron chi connectivity index (χ4n) is 3.81. The molecule has 2 heterocycles. The molecular formula is C21H28N6O. The highest BCUT2D eigenvalue weighted by molar-refractivity contribution is 5.90. The van der Waals surface area contributed by atoms with Gasteiger partial charge in [0.1, 0.15) is 5.69 Å². The van der Waals surface area contributed by atoms with Gasteiger partial charge in [-0.3, -0.25) is 9.69 Å². The monoisotopic (exact) mass is 380 g/mol. The number of para-hydroxylation sites is 1. The summed E-state index contributed by atoms with van der Waals surface area (Å²) in [6.07, 6.45) is 5.24. The molecule has 7 heteroatoms. The lowest BCUT2D eigenvalue weighted by molar-refractivity contribution is 0.0995. The number of rotatable bonds is 8. The first-order valence-corrected chi connectivity index (χ1v) is 10.1. The Labute approximate surface area is 166 Å². The highest BCUT2D eigenvalue weighted by atomic mass is 16.1. The zero-order valence-electron chi connectivity index (χ0n) is 16.2. The van der Waals surface area contributed by atoms with Crippen molar-refractivity contribution in [1.82, 2.24) is 14.9 Å². The average molecular weight is 380 g/mol. The van der Waals surface area contributed by atoms with Crippen LogP contribution >= 0.6 is 0 Å². The number of hydrogen-bond acceptors (Lipinski definition) is 6. The maximum atomic E-state index is 11.2. The molecule has 0 spiro atoms. The maximum absolute atomic E-state index is 11.2. The van der Waals surface area contributed by atoms with Gasteiger partial charge in [-0.25, -0.2) is 9.97 Å². The molecule has 4 rings (SSSR count). The molecule has 2 fully saturated rings. The van der Waals surface area contributed by atoms with E-state index >= 15 is 0 Å². The number of piperazine rings is 1. The summed E-state index contributed by atoms with van der Waals surface area (Å²) in [7, 11) is 0. The number of hydrogen-bond donors (Lipinski definition) is 2. The molecule has 0 radical (unpaired) electrons. The lowest BCUT2D eigenvalue weighted by atomic mass is 10.1. The van der Waals surface area contributed by atoms with E-state index < -0.39 is 5.91 Å². The van der Waals surface area contributed by atoms with Crippen molar-refractivity contribution < 1.29 is 4.79 Å². The van der Waals surface area contributed by atoms with Crippen molar-refractivity contribution in [2.24, 2.45) is 5.73 Å². The van der Waals surface area contributed by atoms with Crippen molar-refractivity contribution in [1.29, 1.82) is 0 Å². The first-order valence-electron chi connectivity index (χ1n) is 10.1. The molecular weight excluding hydrogens is 352 g/mol. The summed E-state index contributed by atoms with van der Waals surface area (Å²) in [4.78, 5) is 24.5. The molecule has 1 aliphatic heterocycles. The molecule has 1 amide bonds. The number of benzene rings is 1. The van der Waals surface area contributed by atoms with E-state index in [2.05, 4.69) is 49.4 Å². The molecule has 7 nitrogen and oxygen atoms in total. The van der Waals surface area contributed by atoms with E-state index in [4.69, 9.17) is 5.73 Å². The van der Waals surface area contributed by atoms with Gasteiger partial charge in [-0.1, -0.05) is 18.2 Å². The van der Waals surface area contributed by atoms with Crippen LogP contribution in [0.5, 0.6) is 0 Å². The third-order valence-electron chi connectivity index (χ3n) is 5.51. The van der Waals surface area contributed by atoms with Gasteiger partial charge in [0.25, 0.3) is 5.91 Å². The minimum atomic E-state index is -0.536. The number of carbonyl (C=O) groups is 1. The Morgan fingerprint density at radius 2 is 1.93 bits per heavy atom. The second-order valence-corrected chi connectivity index (χ2v) is 7.57. The van der Waals surface area contributed by atoms with Gasteiger partial charge in [-0.2, -0.15) is 0 Å². The molecule has 2 aromatic rings. The molecule has 1 aromatic carbocycles. The van der Waals surface area contributed by atoms with Crippen LogP contribution in [0.2, 0.25) is 0 Å². The van der Waals surface area contributed by atoms with Gasteiger partial charge in [0.05, 0.1) is 0 Å². The summed E-state index contributed by atoms with van der Waals surface area (Å²) < 4.78 is 0. The summed E-state index contributed by atoms with van der Waals surface area (Å²) in [6, 6.07) is 10.4. The lowest BCUT2D eigenvalue weighted by Gasteiger charge is -2.37. The minimum absolute atomic E-state index is 0.236. The molecule has 1 aliphatic carbocycles. The van der Waals surface area contributed by atoms with Gasteiger partial charge in [-0.05, 0) is 49.4 Å². The van der Waals surface area contributed by atoms with Crippen molar-refractivity contribution in [2.45, 2.75) is 25.2 Å². The van der Waals surface area contributed by atoms with Gasteiger partial charge < -0.3 is 16.0 Å². The third kappa shape index (κ3) is 4.59. The van der Waals surface area contributed by atoms with Crippen LogP contribution in [0.4, 0.5) is 11.6 Å². The molecule has 0 bridgehead atoms. The van der Waals surface area contributed by atoms with Gasteiger partial charge >= 0.3 is 0 Å². The van der Waals surface area contributed by atoms with E-state index in [9.17, 15) is 4.79 Å². The number of amides is 1. The number of aromatic nitrogens is 2. The first-order chi connectivity index (χ1) is 13.7. The van der Waals surface area contributed by atoms with Crippen molar-refractivity contribution in [3.8, 4) is 0 Å². The van der Waals surface area contributed by atoms with E-state index in [1.807, 2.05) is 0 Å². The molecule has 0 unspecified atom stereocenters. The van der Waals surface area contributed by atoms with Crippen LogP contribution in [0.1, 0.15) is 41.2 Å². The number of nitrogens with one attached hydrogen (secondary N) is 1. The fraction of sp³-hybridized carbons (Fsp3) is 0.476. The van der Waals surface area contributed by atoms with E-state index in [-0.39, 0.29) is 5.69 Å². The average Bonchev–Trinajstić information content (AvgIpc) is 3.57. The Morgan fingerprint density at radius 3 is 2.68 bits per heavy atom. The predicted molar refractivity (Wildman–Crippen MR) is 111 cm³/mol. The quantitative estimate of drug-likeness (QED) is 0.682. The Kier molecular flexibility index (Phi) is 5.71. The van der Waals surface area contributed by atoms with Crippen molar-refractivity contribution >= 4 is 17.5 Å². The second-order valence-electron chi connectivity index (χ2n) is 7.57. The number of nitrogens with zero attached hydrogens (tertiary/aromatic N) is 4. The van der Waals surface area contributed by atoms with Crippen LogP contribution in [-0.2, 0) is 0 Å². The Morgan fingerprint density at radius 1 is 1.14 bits per heavy atom. The van der Waals surface area contributed by atoms with Gasteiger partial charge in [0, 0.05) is 44.6 Å². The van der Waals surface area contributed by atoms with Crippen LogP contribution in [0.3, 0.4) is 0 Å². The Bertz CT molecular complexity index is 814. The Hall–Kier alpha value is -2.67. The normalized spacial score (nSPS) is 17.5. The topological polar surface area (TPSA) is 87.4 Å². The third-order valence-corrected chi connectivity index (χ3v) is 5.51. The van der Waals surface area contributed by atoms with Crippen LogP contribution in [0.15, 0.2) is 36.5 Å². The van der Waals surface area contributed by atoms with Crippen LogP contribution in [0, 0.1) is 0 Å². The summed E-state index contributed by atoms with van der Waals surface area (Å²) in [5.74, 6) is 0.708. The van der Waals surface area contributed by atoms with E-state index in [0.717, 1.165) is 51.6 Å².